The molecule has 0 aliphatic carbocycles. The second-order valence-electron chi connectivity index (χ2n) is 2.76. The molecule has 0 aliphatic heterocycles. The lowest BCUT2D eigenvalue weighted by atomic mass is 10.2. The van der Waals surface area contributed by atoms with Crippen molar-refractivity contribution in [2.75, 3.05) is 7.11 Å². The van der Waals surface area contributed by atoms with Crippen molar-refractivity contribution in [3.05, 3.63) is 29.8 Å². The van der Waals surface area contributed by atoms with Crippen LogP contribution in [-0.4, -0.2) is 13.4 Å². The molecule has 0 radical (unpaired) electrons. The van der Waals surface area contributed by atoms with Gasteiger partial charge in [-0.1, -0.05) is 0 Å². The maximum atomic E-state index is 12.8. The molecule has 0 saturated carbocycles. The molecule has 0 fully saturated rings. The quantitative estimate of drug-likeness (QED) is 0.689. The summed E-state index contributed by atoms with van der Waals surface area (Å²) < 4.78 is 22.9. The van der Waals surface area contributed by atoms with Crippen LogP contribution in [0.3, 0.4) is 0 Å². The number of furan rings is 1. The molecule has 0 saturated heterocycles. The topological polar surface area (TPSA) is 39.4 Å². The van der Waals surface area contributed by atoms with Crippen LogP contribution < -0.4 is 4.74 Å². The Kier molecular flexibility index (Phi) is 1.96. The first-order valence-electron chi connectivity index (χ1n) is 3.97. The third-order valence-electron chi connectivity index (χ3n) is 1.94. The number of carbonyl (C=O) groups is 1. The largest absolute Gasteiger partial charge is 0.492 e. The molecule has 2 aromatic rings. The Morgan fingerprint density at radius 1 is 1.50 bits per heavy atom. The molecule has 0 unspecified atom stereocenters. The van der Waals surface area contributed by atoms with E-state index in [1.807, 2.05) is 0 Å². The van der Waals surface area contributed by atoms with E-state index in [0.29, 0.717) is 23.0 Å². The number of benzene rings is 1. The molecule has 1 aromatic carbocycles. The number of aldehydes is 1. The number of hydrogen-bond donors (Lipinski definition) is 0. The van der Waals surface area contributed by atoms with Gasteiger partial charge in [0.05, 0.1) is 12.5 Å². The molecule has 14 heavy (non-hydrogen) atoms. The first-order chi connectivity index (χ1) is 6.76. The molecule has 1 aromatic heterocycles. The maximum absolute atomic E-state index is 12.8. The molecule has 0 amide bonds. The highest BCUT2D eigenvalue weighted by Gasteiger charge is 2.14. The van der Waals surface area contributed by atoms with E-state index in [9.17, 15) is 9.18 Å². The van der Waals surface area contributed by atoms with Crippen molar-refractivity contribution in [3.8, 4) is 5.75 Å². The molecule has 4 heteroatoms. The SMILES string of the molecule is COc1c(C=O)oc2cc(F)ccc12. The number of carbonyl (C=O) groups excluding carboxylic acids is 1. The lowest BCUT2D eigenvalue weighted by Crippen LogP contribution is -1.84. The van der Waals surface area contributed by atoms with Crippen molar-refractivity contribution in [3.63, 3.8) is 0 Å². The number of rotatable bonds is 2. The molecule has 0 spiro atoms. The Morgan fingerprint density at radius 3 is 2.93 bits per heavy atom. The van der Waals surface area contributed by atoms with E-state index in [1.54, 1.807) is 0 Å². The third-order valence-corrected chi connectivity index (χ3v) is 1.94. The van der Waals surface area contributed by atoms with Gasteiger partial charge in [-0.3, -0.25) is 4.79 Å². The van der Waals surface area contributed by atoms with Gasteiger partial charge in [-0.05, 0) is 12.1 Å². The van der Waals surface area contributed by atoms with Crippen molar-refractivity contribution >= 4 is 17.3 Å². The lowest BCUT2D eigenvalue weighted by Gasteiger charge is -1.94. The van der Waals surface area contributed by atoms with Gasteiger partial charge in [-0.15, -0.1) is 0 Å². The Balaban J connectivity index is 2.79. The first kappa shape index (κ1) is 8.74. The summed E-state index contributed by atoms with van der Waals surface area (Å²) in [6.45, 7) is 0. The van der Waals surface area contributed by atoms with Crippen LogP contribution in [0.4, 0.5) is 4.39 Å². The van der Waals surface area contributed by atoms with E-state index in [0.717, 1.165) is 0 Å². The minimum Gasteiger partial charge on any atom is -0.492 e. The summed E-state index contributed by atoms with van der Waals surface area (Å²) in [6.07, 6.45) is 0.538. The lowest BCUT2D eigenvalue weighted by molar-refractivity contribution is 0.109. The third kappa shape index (κ3) is 1.16. The number of halogens is 1. The minimum absolute atomic E-state index is 0.0769. The van der Waals surface area contributed by atoms with Crippen molar-refractivity contribution in [2.45, 2.75) is 0 Å². The van der Waals surface area contributed by atoms with Gasteiger partial charge in [0, 0.05) is 6.07 Å². The smallest absolute Gasteiger partial charge is 0.209 e. The Hall–Kier alpha value is -1.84. The summed E-state index contributed by atoms with van der Waals surface area (Å²) in [5.74, 6) is 0.00875. The highest BCUT2D eigenvalue weighted by Crippen LogP contribution is 2.31. The van der Waals surface area contributed by atoms with Gasteiger partial charge in [0.2, 0.25) is 5.76 Å². The average Bonchev–Trinajstić information content (AvgIpc) is 2.54. The van der Waals surface area contributed by atoms with E-state index in [4.69, 9.17) is 9.15 Å². The normalized spacial score (nSPS) is 10.4. The van der Waals surface area contributed by atoms with E-state index in [2.05, 4.69) is 0 Å². The molecular weight excluding hydrogens is 187 g/mol. The van der Waals surface area contributed by atoms with Crippen molar-refractivity contribution in [1.29, 1.82) is 0 Å². The molecule has 0 bridgehead atoms. The van der Waals surface area contributed by atoms with E-state index in [-0.39, 0.29) is 5.76 Å². The van der Waals surface area contributed by atoms with Crippen LogP contribution in [-0.2, 0) is 0 Å². The fourth-order valence-electron chi connectivity index (χ4n) is 1.35. The summed E-state index contributed by atoms with van der Waals surface area (Å²) in [4.78, 5) is 10.6. The standard InChI is InChI=1S/C10H7FO3/c1-13-10-7-3-2-6(11)4-8(7)14-9(10)5-12/h2-5H,1H3. The number of methoxy groups -OCH3 is 1. The number of hydrogen-bond acceptors (Lipinski definition) is 3. The van der Waals surface area contributed by atoms with Gasteiger partial charge < -0.3 is 9.15 Å². The fraction of sp³-hybridized carbons (Fsp3) is 0.100. The van der Waals surface area contributed by atoms with Crippen LogP contribution in [0, 0.1) is 5.82 Å². The summed E-state index contributed by atoms with van der Waals surface area (Å²) in [5, 5.41) is 0.594. The van der Waals surface area contributed by atoms with Gasteiger partial charge in [0.25, 0.3) is 0 Å². The van der Waals surface area contributed by atoms with Gasteiger partial charge in [0.1, 0.15) is 11.4 Å². The second-order valence-corrected chi connectivity index (χ2v) is 2.76. The van der Waals surface area contributed by atoms with E-state index < -0.39 is 5.82 Å². The molecule has 0 atom stereocenters. The second kappa shape index (κ2) is 3.14. The Morgan fingerprint density at radius 2 is 2.29 bits per heavy atom. The molecule has 0 N–H and O–H groups in total. The molecular formula is C10H7FO3. The summed E-state index contributed by atoms with van der Waals surface area (Å²) in [5.41, 5.74) is 0.309. The van der Waals surface area contributed by atoms with E-state index >= 15 is 0 Å². The monoisotopic (exact) mass is 194 g/mol. The van der Waals surface area contributed by atoms with Crippen LogP contribution >= 0.6 is 0 Å². The molecule has 3 nitrogen and oxygen atoms in total. The van der Waals surface area contributed by atoms with Crippen molar-refractivity contribution < 1.29 is 18.3 Å². The fourth-order valence-corrected chi connectivity index (χ4v) is 1.35. The Labute approximate surface area is 79.1 Å². The van der Waals surface area contributed by atoms with Crippen LogP contribution in [0.1, 0.15) is 10.6 Å². The molecule has 2 rings (SSSR count). The zero-order valence-electron chi connectivity index (χ0n) is 7.41. The maximum Gasteiger partial charge on any atom is 0.209 e. The van der Waals surface area contributed by atoms with Gasteiger partial charge in [-0.25, -0.2) is 4.39 Å². The number of ether oxygens (including phenoxy) is 1. The summed E-state index contributed by atoms with van der Waals surface area (Å²) >= 11 is 0. The predicted molar refractivity (Wildman–Crippen MR) is 48.1 cm³/mol. The van der Waals surface area contributed by atoms with E-state index in [1.165, 1.54) is 25.3 Å². The zero-order valence-corrected chi connectivity index (χ0v) is 7.41. The summed E-state index contributed by atoms with van der Waals surface area (Å²) in [6, 6.07) is 4.01. The van der Waals surface area contributed by atoms with Crippen LogP contribution in [0.5, 0.6) is 5.75 Å². The van der Waals surface area contributed by atoms with Crippen LogP contribution in [0.25, 0.3) is 11.0 Å². The zero-order chi connectivity index (χ0) is 10.1. The van der Waals surface area contributed by atoms with Crippen LogP contribution in [0.15, 0.2) is 22.6 Å². The molecule has 1 heterocycles. The minimum atomic E-state index is -0.411. The highest BCUT2D eigenvalue weighted by atomic mass is 19.1. The van der Waals surface area contributed by atoms with Gasteiger partial charge in [-0.2, -0.15) is 0 Å². The van der Waals surface area contributed by atoms with Gasteiger partial charge in [0.15, 0.2) is 12.0 Å². The molecule has 72 valence electrons. The van der Waals surface area contributed by atoms with Crippen LogP contribution in [0.2, 0.25) is 0 Å². The molecule has 0 aliphatic rings. The first-order valence-corrected chi connectivity index (χ1v) is 3.97. The highest BCUT2D eigenvalue weighted by molar-refractivity contribution is 5.92. The number of fused-ring (bicyclic) bond motifs is 1. The van der Waals surface area contributed by atoms with Gasteiger partial charge >= 0.3 is 0 Å². The summed E-state index contributed by atoms with van der Waals surface area (Å²) in [7, 11) is 1.43. The average molecular weight is 194 g/mol. The van der Waals surface area contributed by atoms with Crippen molar-refractivity contribution in [2.24, 2.45) is 0 Å². The Bertz CT molecular complexity index is 487. The predicted octanol–water partition coefficient (Wildman–Crippen LogP) is 2.39. The van der Waals surface area contributed by atoms with Crippen molar-refractivity contribution in [1.82, 2.24) is 0 Å².